The summed E-state index contributed by atoms with van der Waals surface area (Å²) in [6.45, 7) is 7.05. The van der Waals surface area contributed by atoms with Gasteiger partial charge in [-0.15, -0.1) is 0 Å². The van der Waals surface area contributed by atoms with Gasteiger partial charge < -0.3 is 4.74 Å². The minimum absolute atomic E-state index is 0.133. The van der Waals surface area contributed by atoms with Gasteiger partial charge in [-0.25, -0.2) is 5.43 Å². The summed E-state index contributed by atoms with van der Waals surface area (Å²) in [5.74, 6) is 1.81. The first-order valence-corrected chi connectivity index (χ1v) is 10.3. The number of allylic oxidation sites excluding steroid dienone is 2. The standard InChI is InChI=1S/C25H28N2O2/c1-25(2,3)20-11-13-21(14-12-20)29-16-17-7-9-18(10-8-17)24(28)27-26-23-15-19-5-4-6-22(19)23/h4,6-14,19,22H,5,15-16H2,1-3H3,(H,27,28)/b26-23-/t19-,22+/m1/s1. The Morgan fingerprint density at radius 1 is 1.10 bits per heavy atom. The van der Waals surface area contributed by atoms with Crippen LogP contribution in [0.1, 0.15) is 55.1 Å². The van der Waals surface area contributed by atoms with Gasteiger partial charge in [0.2, 0.25) is 0 Å². The van der Waals surface area contributed by atoms with Gasteiger partial charge in [-0.1, -0.05) is 57.2 Å². The van der Waals surface area contributed by atoms with E-state index in [1.54, 1.807) is 0 Å². The third-order valence-corrected chi connectivity index (χ3v) is 5.79. The average molecular weight is 389 g/mol. The number of nitrogens with one attached hydrogen (secondary N) is 1. The Hall–Kier alpha value is -2.88. The van der Waals surface area contributed by atoms with Crippen molar-refractivity contribution in [2.45, 2.75) is 45.6 Å². The van der Waals surface area contributed by atoms with Crippen LogP contribution in [0.25, 0.3) is 0 Å². The summed E-state index contributed by atoms with van der Waals surface area (Å²) in [5, 5.41) is 4.31. The van der Waals surface area contributed by atoms with E-state index in [1.165, 1.54) is 5.56 Å². The number of benzene rings is 2. The number of rotatable bonds is 5. The van der Waals surface area contributed by atoms with Crippen molar-refractivity contribution in [1.29, 1.82) is 0 Å². The Morgan fingerprint density at radius 3 is 2.48 bits per heavy atom. The second kappa shape index (κ2) is 7.86. The third kappa shape index (κ3) is 4.42. The Balaban J connectivity index is 1.29. The van der Waals surface area contributed by atoms with E-state index < -0.39 is 0 Å². The maximum absolute atomic E-state index is 12.3. The van der Waals surface area contributed by atoms with E-state index >= 15 is 0 Å². The largest absolute Gasteiger partial charge is 0.489 e. The van der Waals surface area contributed by atoms with Crippen molar-refractivity contribution >= 4 is 11.6 Å². The van der Waals surface area contributed by atoms with Crippen molar-refractivity contribution in [2.24, 2.45) is 16.9 Å². The van der Waals surface area contributed by atoms with Crippen molar-refractivity contribution < 1.29 is 9.53 Å². The molecule has 1 N–H and O–H groups in total. The van der Waals surface area contributed by atoms with Crippen LogP contribution in [0, 0.1) is 11.8 Å². The van der Waals surface area contributed by atoms with Crippen LogP contribution in [0.2, 0.25) is 0 Å². The topological polar surface area (TPSA) is 50.7 Å². The average Bonchev–Trinajstić information content (AvgIpc) is 3.07. The molecular weight excluding hydrogens is 360 g/mol. The lowest BCUT2D eigenvalue weighted by Crippen LogP contribution is -2.35. The number of carbonyl (C=O) groups is 1. The van der Waals surface area contributed by atoms with Crippen LogP contribution < -0.4 is 10.2 Å². The molecule has 29 heavy (non-hydrogen) atoms. The normalized spacial score (nSPS) is 21.6. The minimum atomic E-state index is -0.173. The molecule has 2 aliphatic carbocycles. The van der Waals surface area contributed by atoms with E-state index in [1.807, 2.05) is 36.4 Å². The summed E-state index contributed by atoms with van der Waals surface area (Å²) in [7, 11) is 0. The summed E-state index contributed by atoms with van der Waals surface area (Å²) in [5.41, 5.74) is 6.81. The monoisotopic (exact) mass is 388 g/mol. The number of nitrogens with zero attached hydrogens (tertiary/aromatic N) is 1. The van der Waals surface area contributed by atoms with Gasteiger partial charge in [0.1, 0.15) is 12.4 Å². The van der Waals surface area contributed by atoms with Gasteiger partial charge in [0.15, 0.2) is 0 Å². The molecular formula is C25H28N2O2. The van der Waals surface area contributed by atoms with Crippen LogP contribution in [0.3, 0.4) is 0 Å². The molecule has 4 rings (SSSR count). The van der Waals surface area contributed by atoms with E-state index in [0.717, 1.165) is 29.9 Å². The van der Waals surface area contributed by atoms with Crippen molar-refractivity contribution in [3.63, 3.8) is 0 Å². The highest BCUT2D eigenvalue weighted by Crippen LogP contribution is 2.40. The predicted octanol–water partition coefficient (Wildman–Crippen LogP) is 5.24. The van der Waals surface area contributed by atoms with Crippen LogP contribution in [-0.2, 0) is 12.0 Å². The van der Waals surface area contributed by atoms with Gasteiger partial charge in [-0.2, -0.15) is 5.10 Å². The van der Waals surface area contributed by atoms with Crippen LogP contribution in [0.4, 0.5) is 0 Å². The van der Waals surface area contributed by atoms with E-state index in [4.69, 9.17) is 4.74 Å². The Labute approximate surface area is 172 Å². The highest BCUT2D eigenvalue weighted by Gasteiger charge is 2.37. The maximum atomic E-state index is 12.3. The fourth-order valence-corrected chi connectivity index (χ4v) is 3.82. The molecule has 4 heteroatoms. The van der Waals surface area contributed by atoms with Crippen molar-refractivity contribution in [3.8, 4) is 5.75 Å². The molecule has 4 nitrogen and oxygen atoms in total. The number of hydrazone groups is 1. The highest BCUT2D eigenvalue weighted by molar-refractivity contribution is 5.98. The quantitative estimate of drug-likeness (QED) is 0.562. The molecule has 0 aliphatic heterocycles. The van der Waals surface area contributed by atoms with Gasteiger partial charge in [0.25, 0.3) is 5.91 Å². The van der Waals surface area contributed by atoms with Gasteiger partial charge in [0.05, 0.1) is 0 Å². The number of hydrogen-bond donors (Lipinski definition) is 1. The van der Waals surface area contributed by atoms with Gasteiger partial charge in [-0.05, 0) is 59.6 Å². The number of carbonyl (C=O) groups excluding carboxylic acids is 1. The maximum Gasteiger partial charge on any atom is 0.271 e. The zero-order valence-electron chi connectivity index (χ0n) is 17.3. The van der Waals surface area contributed by atoms with Crippen LogP contribution in [0.5, 0.6) is 5.75 Å². The van der Waals surface area contributed by atoms with Crippen LogP contribution in [0.15, 0.2) is 65.8 Å². The van der Waals surface area contributed by atoms with Crippen molar-refractivity contribution in [3.05, 3.63) is 77.4 Å². The molecule has 2 aliphatic rings. The molecule has 1 saturated carbocycles. The number of ether oxygens (including phenoxy) is 1. The second-order valence-corrected chi connectivity index (χ2v) is 8.96. The molecule has 2 aromatic rings. The molecule has 0 saturated heterocycles. The molecule has 0 unspecified atom stereocenters. The smallest absolute Gasteiger partial charge is 0.271 e. The SMILES string of the molecule is CC(C)(C)c1ccc(OCc2ccc(C(=O)N/N=C3/C[C@H]4CC=C[C@H]34)cc2)cc1. The Bertz CT molecular complexity index is 934. The van der Waals surface area contributed by atoms with E-state index in [-0.39, 0.29) is 11.3 Å². The first kappa shape index (κ1) is 19.4. The predicted molar refractivity (Wildman–Crippen MR) is 116 cm³/mol. The fraction of sp³-hybridized carbons (Fsp3) is 0.360. The van der Waals surface area contributed by atoms with Crippen molar-refractivity contribution in [2.75, 3.05) is 0 Å². The lowest BCUT2D eigenvalue weighted by atomic mass is 9.74. The summed E-state index contributed by atoms with van der Waals surface area (Å²) in [6.07, 6.45) is 6.54. The number of hydrogen-bond acceptors (Lipinski definition) is 3. The van der Waals surface area contributed by atoms with E-state index in [9.17, 15) is 4.79 Å². The molecule has 150 valence electrons. The highest BCUT2D eigenvalue weighted by atomic mass is 16.5. The molecule has 2 aromatic carbocycles. The summed E-state index contributed by atoms with van der Waals surface area (Å²) in [4.78, 5) is 12.3. The molecule has 1 fully saturated rings. The second-order valence-electron chi connectivity index (χ2n) is 8.96. The molecule has 0 aromatic heterocycles. The van der Waals surface area contributed by atoms with Crippen molar-refractivity contribution in [1.82, 2.24) is 5.43 Å². The lowest BCUT2D eigenvalue weighted by Gasteiger charge is -2.31. The molecule has 0 bridgehead atoms. The molecule has 2 atom stereocenters. The van der Waals surface area contributed by atoms with E-state index in [0.29, 0.717) is 24.0 Å². The summed E-state index contributed by atoms with van der Waals surface area (Å²) in [6, 6.07) is 15.7. The Kier molecular flexibility index (Phi) is 5.27. The van der Waals surface area contributed by atoms with Crippen LogP contribution in [-0.4, -0.2) is 11.6 Å². The third-order valence-electron chi connectivity index (χ3n) is 5.79. The lowest BCUT2D eigenvalue weighted by molar-refractivity contribution is 0.0954. The van der Waals surface area contributed by atoms with Crippen LogP contribution >= 0.6 is 0 Å². The zero-order valence-corrected chi connectivity index (χ0v) is 17.3. The number of fused-ring (bicyclic) bond motifs is 1. The zero-order chi connectivity index (χ0) is 20.4. The molecule has 0 spiro atoms. The van der Waals surface area contributed by atoms with Gasteiger partial charge >= 0.3 is 0 Å². The fourth-order valence-electron chi connectivity index (χ4n) is 3.82. The first-order chi connectivity index (χ1) is 13.9. The molecule has 1 amide bonds. The molecule has 0 radical (unpaired) electrons. The van der Waals surface area contributed by atoms with E-state index in [2.05, 4.69) is 55.6 Å². The van der Waals surface area contributed by atoms with Gasteiger partial charge in [-0.3, -0.25) is 4.79 Å². The summed E-state index contributed by atoms with van der Waals surface area (Å²) < 4.78 is 5.87. The van der Waals surface area contributed by atoms with Gasteiger partial charge in [0, 0.05) is 17.2 Å². The Morgan fingerprint density at radius 2 is 1.83 bits per heavy atom. The first-order valence-electron chi connectivity index (χ1n) is 10.3. The minimum Gasteiger partial charge on any atom is -0.489 e. The number of amides is 1. The summed E-state index contributed by atoms with van der Waals surface area (Å²) >= 11 is 0. The molecule has 0 heterocycles.